The summed E-state index contributed by atoms with van der Waals surface area (Å²) in [6.45, 7) is 3.93. The van der Waals surface area contributed by atoms with E-state index in [2.05, 4.69) is 20.9 Å². The van der Waals surface area contributed by atoms with Crippen molar-refractivity contribution in [3.05, 3.63) is 30.3 Å². The van der Waals surface area contributed by atoms with Crippen molar-refractivity contribution in [1.82, 2.24) is 15.5 Å². The molecule has 168 valence electrons. The van der Waals surface area contributed by atoms with Crippen molar-refractivity contribution >= 4 is 42.3 Å². The molecule has 2 amide bonds. The second-order valence-corrected chi connectivity index (χ2v) is 8.67. The molecule has 2 aliphatic heterocycles. The van der Waals surface area contributed by atoms with Crippen LogP contribution in [0.2, 0.25) is 0 Å². The minimum atomic E-state index is -0.176. The summed E-state index contributed by atoms with van der Waals surface area (Å²) in [4.78, 5) is 27.5. The van der Waals surface area contributed by atoms with Gasteiger partial charge in [-0.05, 0) is 50.3 Å². The fraction of sp³-hybridized carbons (Fsp3) is 0.636. The van der Waals surface area contributed by atoms with Gasteiger partial charge in [-0.2, -0.15) is 0 Å². The number of hydrogen-bond donors (Lipinski definition) is 3. The molecule has 2 heterocycles. The van der Waals surface area contributed by atoms with Gasteiger partial charge < -0.3 is 16.0 Å². The third-order valence-corrected chi connectivity index (χ3v) is 6.84. The molecule has 1 aromatic rings. The summed E-state index contributed by atoms with van der Waals surface area (Å²) in [6.07, 6.45) is 6.45. The van der Waals surface area contributed by atoms with Crippen molar-refractivity contribution in [2.75, 3.05) is 38.0 Å². The van der Waals surface area contributed by atoms with Gasteiger partial charge in [0.25, 0.3) is 0 Å². The topological polar surface area (TPSA) is 73.5 Å². The number of hydrogen-bond acceptors (Lipinski definition) is 4. The molecule has 2 saturated heterocycles. The number of nitrogens with zero attached hydrogens (tertiary/aromatic N) is 1. The monoisotopic (exact) mass is 456 g/mol. The SMILES string of the molecule is Cl.Cl.O=C(CN1CCC(NC(=O)[C@@]23CCCC[C@H]2CNC3)CC1)Nc1ccccc1. The number of carbonyl (C=O) groups is 2. The van der Waals surface area contributed by atoms with Crippen LogP contribution < -0.4 is 16.0 Å². The molecule has 4 rings (SSSR count). The van der Waals surface area contributed by atoms with Crippen molar-refractivity contribution in [2.45, 2.75) is 44.6 Å². The van der Waals surface area contributed by atoms with E-state index in [0.717, 1.165) is 51.1 Å². The zero-order valence-electron chi connectivity index (χ0n) is 17.4. The van der Waals surface area contributed by atoms with E-state index in [1.165, 1.54) is 19.3 Å². The highest BCUT2D eigenvalue weighted by molar-refractivity contribution is 5.92. The number of rotatable bonds is 5. The number of fused-ring (bicyclic) bond motifs is 1. The number of halogens is 2. The Hall–Kier alpha value is -1.34. The van der Waals surface area contributed by atoms with Crippen LogP contribution in [0.4, 0.5) is 5.69 Å². The summed E-state index contributed by atoms with van der Waals surface area (Å²) >= 11 is 0. The van der Waals surface area contributed by atoms with E-state index in [4.69, 9.17) is 0 Å². The molecule has 3 N–H and O–H groups in total. The van der Waals surface area contributed by atoms with Crippen LogP contribution in [-0.2, 0) is 9.59 Å². The van der Waals surface area contributed by atoms with Crippen LogP contribution in [0.1, 0.15) is 38.5 Å². The zero-order chi connectivity index (χ0) is 19.4. The normalized spacial score (nSPS) is 26.6. The first kappa shape index (κ1) is 24.9. The number of anilines is 1. The van der Waals surface area contributed by atoms with E-state index in [9.17, 15) is 9.59 Å². The van der Waals surface area contributed by atoms with Crippen LogP contribution in [0.15, 0.2) is 30.3 Å². The van der Waals surface area contributed by atoms with Gasteiger partial charge in [0.05, 0.1) is 12.0 Å². The van der Waals surface area contributed by atoms with E-state index in [0.29, 0.717) is 12.5 Å². The number of likely N-dealkylation sites (tertiary alicyclic amines) is 1. The molecule has 0 radical (unpaired) electrons. The lowest BCUT2D eigenvalue weighted by molar-refractivity contribution is -0.135. The van der Waals surface area contributed by atoms with Gasteiger partial charge in [0.1, 0.15) is 0 Å². The lowest BCUT2D eigenvalue weighted by Crippen LogP contribution is -2.53. The number of nitrogens with one attached hydrogen (secondary N) is 3. The summed E-state index contributed by atoms with van der Waals surface area (Å²) in [5.74, 6) is 0.792. The van der Waals surface area contributed by atoms with Crippen molar-refractivity contribution in [2.24, 2.45) is 11.3 Å². The van der Waals surface area contributed by atoms with E-state index in [1.807, 2.05) is 30.3 Å². The summed E-state index contributed by atoms with van der Waals surface area (Å²) in [6, 6.07) is 9.80. The second kappa shape index (κ2) is 11.3. The van der Waals surface area contributed by atoms with Crippen LogP contribution in [-0.4, -0.2) is 55.5 Å². The molecular weight excluding hydrogens is 423 g/mol. The van der Waals surface area contributed by atoms with Crippen LogP contribution in [0.3, 0.4) is 0 Å². The van der Waals surface area contributed by atoms with Gasteiger partial charge in [-0.15, -0.1) is 24.8 Å². The van der Waals surface area contributed by atoms with E-state index in [-0.39, 0.29) is 48.1 Å². The largest absolute Gasteiger partial charge is 0.353 e. The predicted molar refractivity (Wildman–Crippen MR) is 124 cm³/mol. The maximum Gasteiger partial charge on any atom is 0.238 e. The predicted octanol–water partition coefficient (Wildman–Crippen LogP) is 2.83. The Balaban J connectivity index is 0.00000160. The molecule has 0 spiro atoms. The molecule has 30 heavy (non-hydrogen) atoms. The quantitative estimate of drug-likeness (QED) is 0.636. The molecule has 0 aromatic heterocycles. The Kier molecular flexibility index (Phi) is 9.41. The molecule has 3 aliphatic rings. The number of amides is 2. The zero-order valence-corrected chi connectivity index (χ0v) is 19.0. The molecule has 1 aliphatic carbocycles. The van der Waals surface area contributed by atoms with Gasteiger partial charge in [-0.3, -0.25) is 14.5 Å². The third-order valence-electron chi connectivity index (χ3n) is 6.84. The van der Waals surface area contributed by atoms with Crippen molar-refractivity contribution in [3.63, 3.8) is 0 Å². The van der Waals surface area contributed by atoms with Crippen LogP contribution in [0.25, 0.3) is 0 Å². The molecule has 2 atom stereocenters. The molecule has 1 aromatic carbocycles. The van der Waals surface area contributed by atoms with E-state index in [1.54, 1.807) is 0 Å². The van der Waals surface area contributed by atoms with Crippen LogP contribution in [0, 0.1) is 11.3 Å². The summed E-state index contributed by atoms with van der Waals surface area (Å²) in [5, 5.41) is 9.76. The Morgan fingerprint density at radius 2 is 1.80 bits per heavy atom. The van der Waals surface area contributed by atoms with E-state index >= 15 is 0 Å². The van der Waals surface area contributed by atoms with Gasteiger partial charge >= 0.3 is 0 Å². The fourth-order valence-electron chi connectivity index (χ4n) is 5.18. The molecule has 0 unspecified atom stereocenters. The summed E-state index contributed by atoms with van der Waals surface area (Å²) < 4.78 is 0. The maximum absolute atomic E-state index is 13.1. The molecule has 8 heteroatoms. The third kappa shape index (κ3) is 5.67. The van der Waals surface area contributed by atoms with Gasteiger partial charge in [0.2, 0.25) is 11.8 Å². The first-order valence-electron chi connectivity index (χ1n) is 10.7. The van der Waals surface area contributed by atoms with Gasteiger partial charge in [-0.1, -0.05) is 31.0 Å². The lowest BCUT2D eigenvalue weighted by Gasteiger charge is -2.39. The highest BCUT2D eigenvalue weighted by Gasteiger charge is 2.50. The van der Waals surface area contributed by atoms with E-state index < -0.39 is 0 Å². The van der Waals surface area contributed by atoms with Gasteiger partial charge in [-0.25, -0.2) is 0 Å². The number of benzene rings is 1. The number of para-hydroxylation sites is 1. The molecule has 1 saturated carbocycles. The first-order chi connectivity index (χ1) is 13.7. The van der Waals surface area contributed by atoms with Crippen LogP contribution in [0.5, 0.6) is 0 Å². The minimum Gasteiger partial charge on any atom is -0.353 e. The Morgan fingerprint density at radius 1 is 1.07 bits per heavy atom. The Bertz CT molecular complexity index is 698. The van der Waals surface area contributed by atoms with Crippen molar-refractivity contribution in [1.29, 1.82) is 0 Å². The average molecular weight is 457 g/mol. The van der Waals surface area contributed by atoms with Crippen LogP contribution >= 0.6 is 24.8 Å². The molecule has 6 nitrogen and oxygen atoms in total. The summed E-state index contributed by atoms with van der Waals surface area (Å²) in [7, 11) is 0. The lowest BCUT2D eigenvalue weighted by atomic mass is 9.67. The standard InChI is InChI=1S/C22H32N4O2.2ClH/c27-20(24-18-7-2-1-3-8-18)15-26-12-9-19(10-13-26)25-21(28)22-11-5-4-6-17(22)14-23-16-22;;/h1-3,7-8,17,19,23H,4-6,9-16H2,(H,24,27)(H,25,28);2*1H/t17-,22+;;/m0../s1. The summed E-state index contributed by atoms with van der Waals surface area (Å²) in [5.41, 5.74) is 0.659. The van der Waals surface area contributed by atoms with Gasteiger partial charge in [0.15, 0.2) is 0 Å². The maximum atomic E-state index is 13.1. The Morgan fingerprint density at radius 3 is 2.53 bits per heavy atom. The molecular formula is C22H34Cl2N4O2. The Labute approximate surface area is 191 Å². The smallest absolute Gasteiger partial charge is 0.238 e. The second-order valence-electron chi connectivity index (χ2n) is 8.67. The molecule has 3 fully saturated rings. The van der Waals surface area contributed by atoms with Crippen molar-refractivity contribution in [3.8, 4) is 0 Å². The average Bonchev–Trinajstić information content (AvgIpc) is 3.16. The first-order valence-corrected chi connectivity index (χ1v) is 10.7. The number of piperidine rings is 1. The number of carbonyl (C=O) groups excluding carboxylic acids is 2. The minimum absolute atomic E-state index is 0. The van der Waals surface area contributed by atoms with Crippen molar-refractivity contribution < 1.29 is 9.59 Å². The highest BCUT2D eigenvalue weighted by atomic mass is 35.5. The highest BCUT2D eigenvalue weighted by Crippen LogP contribution is 2.44. The fourth-order valence-corrected chi connectivity index (χ4v) is 5.18. The van der Waals surface area contributed by atoms with Gasteiger partial charge in [0, 0.05) is 31.4 Å². The molecule has 0 bridgehead atoms.